The molecule has 0 aromatic heterocycles. The van der Waals surface area contributed by atoms with Crippen LogP contribution in [0.4, 0.5) is 32.0 Å². The summed E-state index contributed by atoms with van der Waals surface area (Å²) in [6.07, 6.45) is -2.04. The number of carboxylic acids is 1. The molecule has 39 heavy (non-hydrogen) atoms. The van der Waals surface area contributed by atoms with E-state index in [-0.39, 0.29) is 6.07 Å². The number of ether oxygens (including phenoxy) is 1. The number of ketones is 2. The number of carboxylic acid groups (broad SMARTS) is 1. The van der Waals surface area contributed by atoms with Crippen molar-refractivity contribution in [2.75, 3.05) is 11.9 Å². The summed E-state index contributed by atoms with van der Waals surface area (Å²) in [4.78, 5) is 60.2. The number of anilines is 1. The van der Waals surface area contributed by atoms with Crippen molar-refractivity contribution >= 4 is 35.0 Å². The summed E-state index contributed by atoms with van der Waals surface area (Å²) in [5, 5.41) is 12.7. The van der Waals surface area contributed by atoms with Crippen molar-refractivity contribution in [3.05, 3.63) is 59.2 Å². The van der Waals surface area contributed by atoms with Crippen molar-refractivity contribution in [1.29, 1.82) is 0 Å². The highest BCUT2D eigenvalue weighted by Crippen LogP contribution is 2.26. The lowest BCUT2D eigenvalue weighted by Crippen LogP contribution is -2.45. The Labute approximate surface area is 216 Å². The van der Waals surface area contributed by atoms with Gasteiger partial charge in [-0.2, -0.15) is 8.78 Å². The third-order valence-corrected chi connectivity index (χ3v) is 5.18. The van der Waals surface area contributed by atoms with E-state index in [1.807, 2.05) is 0 Å². The highest BCUT2D eigenvalue weighted by atomic mass is 19.2. The summed E-state index contributed by atoms with van der Waals surface area (Å²) in [5.41, 5.74) is -0.890. The number of nitrogens with one attached hydrogen (secondary N) is 2. The second-order valence-corrected chi connectivity index (χ2v) is 8.13. The Morgan fingerprint density at radius 3 is 2.03 bits per heavy atom. The maximum absolute atomic E-state index is 13.8. The minimum Gasteiger partial charge on any atom is -0.481 e. The fourth-order valence-corrected chi connectivity index (χ4v) is 3.08. The molecule has 2 amide bonds. The standard InChI is InChI=1S/C24H20F6N2O7/c1-10(7-16(33)24(38)32-21-11(25)3-2-4-12(21)26)23(37)31-15(5-6-18(35)36)17(34)9-39-22-19(29)13(27)8-14(28)20(22)30/h2-4,8,10,15H,5-7,9H2,1H3,(H,31,37)(H,32,38)(H,35,36)/t10-,15-/m1/s1. The number of amides is 2. The van der Waals surface area contributed by atoms with Crippen molar-refractivity contribution in [3.63, 3.8) is 0 Å². The molecule has 15 heteroatoms. The van der Waals surface area contributed by atoms with Crippen molar-refractivity contribution in [1.82, 2.24) is 5.32 Å². The molecule has 0 spiro atoms. The Morgan fingerprint density at radius 1 is 0.923 bits per heavy atom. The topological polar surface area (TPSA) is 139 Å². The van der Waals surface area contributed by atoms with E-state index < -0.39 is 114 Å². The second-order valence-electron chi connectivity index (χ2n) is 8.13. The molecule has 2 aromatic rings. The smallest absolute Gasteiger partial charge is 0.303 e. The van der Waals surface area contributed by atoms with Gasteiger partial charge in [0.15, 0.2) is 23.2 Å². The number of benzene rings is 2. The van der Waals surface area contributed by atoms with Gasteiger partial charge in [0.25, 0.3) is 5.91 Å². The van der Waals surface area contributed by atoms with Gasteiger partial charge in [-0.3, -0.25) is 24.0 Å². The lowest BCUT2D eigenvalue weighted by molar-refractivity contribution is -0.139. The minimum atomic E-state index is -1.94. The van der Waals surface area contributed by atoms with Crippen LogP contribution in [0.1, 0.15) is 26.2 Å². The fraction of sp³-hybridized carbons (Fsp3) is 0.292. The summed E-state index contributed by atoms with van der Waals surface area (Å²) in [5.74, 6) is -19.0. The molecule has 0 bridgehead atoms. The molecule has 0 heterocycles. The van der Waals surface area contributed by atoms with Crippen LogP contribution in [0.5, 0.6) is 5.75 Å². The van der Waals surface area contributed by atoms with E-state index in [0.717, 1.165) is 25.1 Å². The number of para-hydroxylation sites is 1. The molecule has 9 nitrogen and oxygen atoms in total. The fourth-order valence-electron chi connectivity index (χ4n) is 3.08. The monoisotopic (exact) mass is 562 g/mol. The predicted molar refractivity (Wildman–Crippen MR) is 119 cm³/mol. The zero-order valence-electron chi connectivity index (χ0n) is 20.0. The van der Waals surface area contributed by atoms with Crippen LogP contribution in [-0.4, -0.2) is 47.1 Å². The van der Waals surface area contributed by atoms with Gasteiger partial charge in [0.2, 0.25) is 23.3 Å². The van der Waals surface area contributed by atoms with E-state index in [1.54, 1.807) is 5.32 Å². The van der Waals surface area contributed by atoms with Crippen LogP contribution in [0.3, 0.4) is 0 Å². The van der Waals surface area contributed by atoms with E-state index in [9.17, 15) is 50.3 Å². The highest BCUT2D eigenvalue weighted by molar-refractivity contribution is 6.40. The van der Waals surface area contributed by atoms with Crippen LogP contribution in [-0.2, 0) is 24.0 Å². The molecule has 0 aliphatic rings. The Morgan fingerprint density at radius 2 is 1.49 bits per heavy atom. The summed E-state index contributed by atoms with van der Waals surface area (Å²) in [6, 6.07) is 0.920. The summed E-state index contributed by atoms with van der Waals surface area (Å²) in [6.45, 7) is -0.106. The zero-order chi connectivity index (χ0) is 29.4. The van der Waals surface area contributed by atoms with Crippen molar-refractivity contribution in [2.24, 2.45) is 5.92 Å². The van der Waals surface area contributed by atoms with Crippen LogP contribution >= 0.6 is 0 Å². The third kappa shape index (κ3) is 8.28. The summed E-state index contributed by atoms with van der Waals surface area (Å²) >= 11 is 0. The third-order valence-electron chi connectivity index (χ3n) is 5.18. The van der Waals surface area contributed by atoms with Crippen molar-refractivity contribution in [2.45, 2.75) is 32.2 Å². The van der Waals surface area contributed by atoms with Crippen molar-refractivity contribution < 1.29 is 60.2 Å². The molecule has 0 saturated heterocycles. The van der Waals surface area contributed by atoms with Gasteiger partial charge in [-0.05, 0) is 18.6 Å². The molecule has 0 radical (unpaired) electrons. The molecule has 0 saturated carbocycles. The Hall–Kier alpha value is -4.43. The second kappa shape index (κ2) is 13.4. The molecular formula is C24H20F6N2O7. The average Bonchev–Trinajstić information content (AvgIpc) is 2.86. The Bertz CT molecular complexity index is 1260. The van der Waals surface area contributed by atoms with E-state index >= 15 is 0 Å². The first kappa shape index (κ1) is 30.8. The quantitative estimate of drug-likeness (QED) is 0.194. The molecule has 0 fully saturated rings. The van der Waals surface area contributed by atoms with Crippen LogP contribution in [0, 0.1) is 40.8 Å². The number of carbonyl (C=O) groups is 5. The molecular weight excluding hydrogens is 542 g/mol. The first-order valence-electron chi connectivity index (χ1n) is 11.0. The van der Waals surface area contributed by atoms with Crippen LogP contribution in [0.25, 0.3) is 0 Å². The molecule has 2 aromatic carbocycles. The van der Waals surface area contributed by atoms with Gasteiger partial charge in [-0.1, -0.05) is 13.0 Å². The van der Waals surface area contributed by atoms with E-state index in [4.69, 9.17) is 5.11 Å². The molecule has 210 valence electrons. The van der Waals surface area contributed by atoms with E-state index in [0.29, 0.717) is 0 Å². The normalized spacial score (nSPS) is 12.3. The summed E-state index contributed by atoms with van der Waals surface area (Å²) in [7, 11) is 0. The zero-order valence-corrected chi connectivity index (χ0v) is 20.0. The minimum absolute atomic E-state index is 0.0922. The van der Waals surface area contributed by atoms with Gasteiger partial charge in [0.05, 0.1) is 6.04 Å². The van der Waals surface area contributed by atoms with Crippen LogP contribution in [0.15, 0.2) is 24.3 Å². The van der Waals surface area contributed by atoms with Gasteiger partial charge in [-0.15, -0.1) is 0 Å². The Balaban J connectivity index is 2.06. The molecule has 3 N–H and O–H groups in total. The first-order chi connectivity index (χ1) is 18.2. The molecule has 2 rings (SSSR count). The van der Waals surface area contributed by atoms with E-state index in [2.05, 4.69) is 10.1 Å². The number of rotatable bonds is 13. The largest absolute Gasteiger partial charge is 0.481 e. The maximum Gasteiger partial charge on any atom is 0.303 e. The van der Waals surface area contributed by atoms with Crippen molar-refractivity contribution in [3.8, 4) is 5.75 Å². The number of hydrogen-bond donors (Lipinski definition) is 3. The molecule has 2 atom stereocenters. The van der Waals surface area contributed by atoms with Gasteiger partial charge < -0.3 is 20.5 Å². The maximum atomic E-state index is 13.8. The molecule has 0 aliphatic heterocycles. The number of carbonyl (C=O) groups excluding carboxylic acids is 4. The van der Waals surface area contributed by atoms with Gasteiger partial charge in [-0.25, -0.2) is 17.6 Å². The van der Waals surface area contributed by atoms with Gasteiger partial charge in [0, 0.05) is 24.8 Å². The van der Waals surface area contributed by atoms with Crippen LogP contribution in [0.2, 0.25) is 0 Å². The Kier molecular flexibility index (Phi) is 10.6. The average molecular weight is 562 g/mol. The molecule has 0 aliphatic carbocycles. The number of Topliss-reactive ketones (excluding diaryl/α,β-unsaturated/α-hetero) is 2. The van der Waals surface area contributed by atoms with Gasteiger partial charge in [0.1, 0.15) is 23.9 Å². The van der Waals surface area contributed by atoms with Gasteiger partial charge >= 0.3 is 5.97 Å². The van der Waals surface area contributed by atoms with Crippen LogP contribution < -0.4 is 15.4 Å². The molecule has 0 unspecified atom stereocenters. The number of hydrogen-bond acceptors (Lipinski definition) is 6. The predicted octanol–water partition coefficient (Wildman–Crippen LogP) is 3.05. The number of aliphatic carboxylic acids is 1. The highest BCUT2D eigenvalue weighted by Gasteiger charge is 2.29. The lowest BCUT2D eigenvalue weighted by Gasteiger charge is -2.20. The SMILES string of the molecule is C[C@H](CC(=O)C(=O)Nc1c(F)cccc1F)C(=O)N[C@H](CCC(=O)O)C(=O)COc1c(F)c(F)cc(F)c1F. The summed E-state index contributed by atoms with van der Waals surface area (Å²) < 4.78 is 86.1. The first-order valence-corrected chi connectivity index (χ1v) is 11.0. The van der Waals surface area contributed by atoms with E-state index in [1.165, 1.54) is 0 Å². The lowest BCUT2D eigenvalue weighted by atomic mass is 10.0. The number of halogens is 6.